The maximum Gasteiger partial charge on any atom is 0.333 e. The van der Waals surface area contributed by atoms with Crippen LogP contribution in [0.1, 0.15) is 54.5 Å². The quantitative estimate of drug-likeness (QED) is 0.272. The average Bonchev–Trinajstić information content (AvgIpc) is 3.19. The highest BCUT2D eigenvalue weighted by Crippen LogP contribution is 2.34. The molecule has 1 amide bonds. The number of nitrogens with zero attached hydrogens (tertiary/aromatic N) is 1. The molecule has 198 valence electrons. The smallest absolute Gasteiger partial charge is 0.333 e. The summed E-state index contributed by atoms with van der Waals surface area (Å²) >= 11 is 13.7. The molecule has 3 rings (SSSR count). The lowest BCUT2D eigenvalue weighted by atomic mass is 9.92. The molecule has 0 aliphatic rings. The summed E-state index contributed by atoms with van der Waals surface area (Å²) in [5, 5.41) is 14.3. The zero-order valence-corrected chi connectivity index (χ0v) is 23.6. The highest BCUT2D eigenvalue weighted by atomic mass is 35.5. The van der Waals surface area contributed by atoms with Crippen LogP contribution < -0.4 is 10.1 Å². The topological polar surface area (TPSA) is 97.8 Å². The largest absolute Gasteiger partial charge is 0.491 e. The minimum Gasteiger partial charge on any atom is -0.491 e. The molecule has 0 fully saturated rings. The Bertz CT molecular complexity index is 1240. The third-order valence-electron chi connectivity index (χ3n) is 5.36. The van der Waals surface area contributed by atoms with Crippen LogP contribution in [0.5, 0.6) is 5.75 Å². The first-order valence-corrected chi connectivity index (χ1v) is 13.4. The molecule has 0 radical (unpaired) electrons. The van der Waals surface area contributed by atoms with Crippen LogP contribution in [0, 0.1) is 6.92 Å². The van der Waals surface area contributed by atoms with Gasteiger partial charge in [0.25, 0.3) is 5.91 Å². The van der Waals surface area contributed by atoms with Gasteiger partial charge in [0.1, 0.15) is 16.5 Å². The molecule has 7 nitrogen and oxygen atoms in total. The van der Waals surface area contributed by atoms with Crippen molar-refractivity contribution in [3.63, 3.8) is 0 Å². The molecule has 2 atom stereocenters. The Hall–Kier alpha value is -2.65. The number of carboxylic acids is 1. The van der Waals surface area contributed by atoms with Crippen molar-refractivity contribution in [3.05, 3.63) is 68.6 Å². The summed E-state index contributed by atoms with van der Waals surface area (Å²) in [4.78, 5) is 30.5. The van der Waals surface area contributed by atoms with Crippen molar-refractivity contribution in [1.82, 2.24) is 10.3 Å². The molecule has 1 heterocycles. The van der Waals surface area contributed by atoms with Crippen LogP contribution in [0.15, 0.2) is 42.5 Å². The van der Waals surface area contributed by atoms with Crippen LogP contribution in [0.3, 0.4) is 0 Å². The molecule has 2 N–H and O–H groups in total. The first kappa shape index (κ1) is 28.9. The lowest BCUT2D eigenvalue weighted by Crippen LogP contribution is -2.40. The number of aryl methyl sites for hydroxylation is 1. The van der Waals surface area contributed by atoms with Gasteiger partial charge in [-0.1, -0.05) is 35.3 Å². The summed E-state index contributed by atoms with van der Waals surface area (Å²) < 4.78 is 11.5. The monoisotopic (exact) mass is 564 g/mol. The van der Waals surface area contributed by atoms with Crippen LogP contribution in [0.25, 0.3) is 10.6 Å². The third kappa shape index (κ3) is 7.68. The molecular formula is C27H30Cl2N2O5S. The van der Waals surface area contributed by atoms with E-state index >= 15 is 0 Å². The van der Waals surface area contributed by atoms with E-state index in [4.69, 9.17) is 32.7 Å². The molecule has 2 unspecified atom stereocenters. The first-order valence-electron chi connectivity index (χ1n) is 11.8. The lowest BCUT2D eigenvalue weighted by Gasteiger charge is -2.27. The fourth-order valence-corrected chi connectivity index (χ4v) is 5.26. The molecule has 3 aromatic rings. The molecular weight excluding hydrogens is 535 g/mol. The van der Waals surface area contributed by atoms with Gasteiger partial charge in [-0.15, -0.1) is 11.3 Å². The van der Waals surface area contributed by atoms with Crippen LogP contribution >= 0.6 is 34.5 Å². The number of aromatic nitrogens is 1. The zero-order chi connectivity index (χ0) is 27.3. The van der Waals surface area contributed by atoms with Gasteiger partial charge in [-0.25, -0.2) is 9.78 Å². The van der Waals surface area contributed by atoms with Gasteiger partial charge in [0.05, 0.1) is 17.2 Å². The number of aliphatic carboxylic acids is 1. The van der Waals surface area contributed by atoms with Gasteiger partial charge < -0.3 is 19.9 Å². The van der Waals surface area contributed by atoms with E-state index in [1.165, 1.54) is 11.3 Å². The minimum absolute atomic E-state index is 0.00553. The minimum atomic E-state index is -1.17. The Labute approximate surface area is 230 Å². The van der Waals surface area contributed by atoms with Crippen molar-refractivity contribution in [3.8, 4) is 16.3 Å². The van der Waals surface area contributed by atoms with Crippen molar-refractivity contribution in [2.75, 3.05) is 6.54 Å². The summed E-state index contributed by atoms with van der Waals surface area (Å²) in [6, 6.07) is 12.2. The molecule has 1 aromatic heterocycles. The predicted octanol–water partition coefficient (Wildman–Crippen LogP) is 6.60. The maximum atomic E-state index is 13.1. The Morgan fingerprint density at radius 2 is 1.73 bits per heavy atom. The number of ether oxygens (including phenoxy) is 2. The van der Waals surface area contributed by atoms with Gasteiger partial charge in [0.15, 0.2) is 6.10 Å². The molecule has 2 aromatic carbocycles. The van der Waals surface area contributed by atoms with Gasteiger partial charge in [-0.05, 0) is 70.5 Å². The predicted molar refractivity (Wildman–Crippen MR) is 147 cm³/mol. The second-order valence-corrected chi connectivity index (χ2v) is 11.1. The fourth-order valence-electron chi connectivity index (χ4n) is 3.76. The molecule has 0 bridgehead atoms. The highest BCUT2D eigenvalue weighted by molar-refractivity contribution is 7.15. The number of hydrogen-bond donors (Lipinski definition) is 2. The van der Waals surface area contributed by atoms with Crippen LogP contribution in [-0.2, 0) is 9.53 Å². The number of carbonyl (C=O) groups excluding carboxylic acids is 1. The molecule has 0 saturated heterocycles. The molecule has 37 heavy (non-hydrogen) atoms. The SMILES string of the molecule is Cc1sc(-c2ccc(Cl)cc2Cl)nc1C(=O)NCC(c1ccc(OC(C)C)cc1)C(OC(C)C)C(=O)O. The Morgan fingerprint density at radius 1 is 1.05 bits per heavy atom. The number of nitrogens with one attached hydrogen (secondary N) is 1. The molecule has 0 aliphatic heterocycles. The summed E-state index contributed by atoms with van der Waals surface area (Å²) in [6.07, 6.45) is -1.49. The van der Waals surface area contributed by atoms with Crippen molar-refractivity contribution < 1.29 is 24.2 Å². The van der Waals surface area contributed by atoms with Crippen molar-refractivity contribution in [2.24, 2.45) is 0 Å². The average molecular weight is 566 g/mol. The van der Waals surface area contributed by atoms with Gasteiger partial charge in [-0.3, -0.25) is 4.79 Å². The first-order chi connectivity index (χ1) is 17.5. The van der Waals surface area contributed by atoms with Gasteiger partial charge in [0.2, 0.25) is 0 Å². The number of amides is 1. The van der Waals surface area contributed by atoms with Crippen molar-refractivity contribution in [2.45, 2.75) is 58.8 Å². The van der Waals surface area contributed by atoms with Crippen molar-refractivity contribution >= 4 is 46.4 Å². The summed E-state index contributed by atoms with van der Waals surface area (Å²) in [5.41, 5.74) is 1.63. The Balaban J connectivity index is 1.85. The number of hydrogen-bond acceptors (Lipinski definition) is 6. The van der Waals surface area contributed by atoms with E-state index in [9.17, 15) is 14.7 Å². The van der Waals surface area contributed by atoms with Crippen LogP contribution in [0.2, 0.25) is 10.0 Å². The Morgan fingerprint density at radius 3 is 2.30 bits per heavy atom. The number of carbonyl (C=O) groups is 2. The third-order valence-corrected chi connectivity index (χ3v) is 6.92. The van der Waals surface area contributed by atoms with Gasteiger partial charge in [-0.2, -0.15) is 0 Å². The molecule has 0 aliphatic carbocycles. The second kappa shape index (κ2) is 12.7. The molecule has 10 heteroatoms. The van der Waals surface area contributed by atoms with E-state index in [1.807, 2.05) is 13.8 Å². The number of carboxylic acid groups (broad SMARTS) is 1. The molecule has 0 saturated carbocycles. The van der Waals surface area contributed by atoms with Crippen LogP contribution in [0.4, 0.5) is 0 Å². The van der Waals surface area contributed by atoms with E-state index in [2.05, 4.69) is 10.3 Å². The number of rotatable bonds is 11. The van der Waals surface area contributed by atoms with E-state index in [1.54, 1.807) is 63.2 Å². The summed E-state index contributed by atoms with van der Waals surface area (Å²) in [5.74, 6) is -1.51. The molecule has 0 spiro atoms. The summed E-state index contributed by atoms with van der Waals surface area (Å²) in [6.45, 7) is 9.22. The van der Waals surface area contributed by atoms with Gasteiger partial charge in [0, 0.05) is 27.9 Å². The number of halogens is 2. The normalized spacial score (nSPS) is 13.0. The van der Waals surface area contributed by atoms with E-state index in [0.29, 0.717) is 36.8 Å². The maximum absolute atomic E-state index is 13.1. The summed E-state index contributed by atoms with van der Waals surface area (Å²) in [7, 11) is 0. The zero-order valence-electron chi connectivity index (χ0n) is 21.2. The van der Waals surface area contributed by atoms with Crippen molar-refractivity contribution in [1.29, 1.82) is 0 Å². The fraction of sp³-hybridized carbons (Fsp3) is 0.370. The number of benzene rings is 2. The van der Waals surface area contributed by atoms with E-state index < -0.39 is 23.9 Å². The Kier molecular flexibility index (Phi) is 9.95. The highest BCUT2D eigenvalue weighted by Gasteiger charge is 2.32. The van der Waals surface area contributed by atoms with E-state index in [-0.39, 0.29) is 24.4 Å². The number of thiazole rings is 1. The lowest BCUT2D eigenvalue weighted by molar-refractivity contribution is -0.155. The van der Waals surface area contributed by atoms with E-state index in [0.717, 1.165) is 0 Å². The standard InChI is InChI=1S/C27H30Cl2N2O5S/c1-14(2)35-19-9-6-17(7-10-19)21(24(27(33)34)36-15(3)4)13-30-25(32)23-16(5)37-26(31-23)20-11-8-18(28)12-22(20)29/h6-12,14-15,21,24H,13H2,1-5H3,(H,30,32)(H,33,34). The van der Waals surface area contributed by atoms with Gasteiger partial charge >= 0.3 is 5.97 Å². The van der Waals surface area contributed by atoms with Crippen LogP contribution in [-0.4, -0.2) is 46.8 Å². The second-order valence-electron chi connectivity index (χ2n) is 9.04.